The summed E-state index contributed by atoms with van der Waals surface area (Å²) in [4.78, 5) is 46.8. The van der Waals surface area contributed by atoms with Crippen molar-refractivity contribution in [3.63, 3.8) is 0 Å². The van der Waals surface area contributed by atoms with Gasteiger partial charge in [0.25, 0.3) is 0 Å². The lowest BCUT2D eigenvalue weighted by Gasteiger charge is -2.10. The number of benzene rings is 1. The van der Waals surface area contributed by atoms with Crippen LogP contribution in [0.2, 0.25) is 0 Å². The summed E-state index contributed by atoms with van der Waals surface area (Å²) in [5, 5.41) is 9.78. The molecule has 1 saturated carbocycles. The third kappa shape index (κ3) is 8.66. The van der Waals surface area contributed by atoms with Crippen molar-refractivity contribution in [2.75, 3.05) is 23.4 Å². The molecular formula is C18H24N4O4S2. The van der Waals surface area contributed by atoms with E-state index < -0.39 is 18.0 Å². The van der Waals surface area contributed by atoms with Crippen LogP contribution in [0.5, 0.6) is 0 Å². The van der Waals surface area contributed by atoms with Gasteiger partial charge in [-0.25, -0.2) is 9.59 Å². The van der Waals surface area contributed by atoms with E-state index in [9.17, 15) is 19.2 Å². The van der Waals surface area contributed by atoms with Gasteiger partial charge < -0.3 is 10.6 Å². The Hall–Kier alpha value is -2.20. The van der Waals surface area contributed by atoms with Gasteiger partial charge in [-0.1, -0.05) is 52.6 Å². The van der Waals surface area contributed by atoms with Gasteiger partial charge in [-0.15, -0.1) is 0 Å². The molecule has 0 unspecified atom stereocenters. The first kappa shape index (κ1) is 22.1. The van der Waals surface area contributed by atoms with Gasteiger partial charge in [-0.3, -0.25) is 20.2 Å². The number of imide groups is 2. The van der Waals surface area contributed by atoms with Crippen LogP contribution in [0.3, 0.4) is 0 Å². The summed E-state index contributed by atoms with van der Waals surface area (Å²) in [5.41, 5.74) is 0.602. The van der Waals surface area contributed by atoms with Crippen LogP contribution in [-0.4, -0.2) is 41.9 Å². The van der Waals surface area contributed by atoms with Crippen molar-refractivity contribution in [1.29, 1.82) is 0 Å². The summed E-state index contributed by atoms with van der Waals surface area (Å²) in [6, 6.07) is 7.77. The van der Waals surface area contributed by atoms with Gasteiger partial charge in [-0.05, 0) is 25.0 Å². The van der Waals surface area contributed by atoms with E-state index in [1.54, 1.807) is 24.3 Å². The Balaban J connectivity index is 1.48. The molecule has 10 heteroatoms. The molecule has 1 aromatic rings. The molecule has 2 rings (SSSR count). The molecule has 8 nitrogen and oxygen atoms in total. The molecule has 0 heterocycles. The van der Waals surface area contributed by atoms with Crippen molar-refractivity contribution in [2.45, 2.75) is 25.7 Å². The van der Waals surface area contributed by atoms with Crippen molar-refractivity contribution < 1.29 is 19.2 Å². The Kier molecular flexibility index (Phi) is 9.70. The van der Waals surface area contributed by atoms with Crippen molar-refractivity contribution in [3.05, 3.63) is 30.3 Å². The first-order valence-corrected chi connectivity index (χ1v) is 11.5. The van der Waals surface area contributed by atoms with Gasteiger partial charge in [0, 0.05) is 23.9 Å². The second kappa shape index (κ2) is 12.3. The summed E-state index contributed by atoms with van der Waals surface area (Å²) in [6.45, 7) is 0.373. The summed E-state index contributed by atoms with van der Waals surface area (Å²) < 4.78 is 0. The van der Waals surface area contributed by atoms with Crippen LogP contribution in [0.1, 0.15) is 25.7 Å². The Morgan fingerprint density at radius 3 is 2.36 bits per heavy atom. The number of hydrogen-bond acceptors (Lipinski definition) is 6. The summed E-state index contributed by atoms with van der Waals surface area (Å²) in [7, 11) is 2.68. The second-order valence-corrected chi connectivity index (χ2v) is 8.76. The number of urea groups is 2. The fourth-order valence-electron chi connectivity index (χ4n) is 2.65. The van der Waals surface area contributed by atoms with Crippen LogP contribution >= 0.6 is 21.6 Å². The van der Waals surface area contributed by atoms with Crippen molar-refractivity contribution in [1.82, 2.24) is 16.0 Å². The van der Waals surface area contributed by atoms with Gasteiger partial charge in [-0.2, -0.15) is 0 Å². The monoisotopic (exact) mass is 424 g/mol. The molecule has 6 amide bonds. The van der Waals surface area contributed by atoms with Crippen LogP contribution < -0.4 is 21.3 Å². The highest BCUT2D eigenvalue weighted by molar-refractivity contribution is 8.76. The van der Waals surface area contributed by atoms with E-state index in [0.29, 0.717) is 18.0 Å². The van der Waals surface area contributed by atoms with E-state index in [-0.39, 0.29) is 17.6 Å². The number of carbonyl (C=O) groups is 4. The minimum atomic E-state index is -0.577. The maximum Gasteiger partial charge on any atom is 0.325 e. The molecule has 1 aliphatic rings. The largest absolute Gasteiger partial charge is 0.337 e. The Labute approximate surface area is 171 Å². The van der Waals surface area contributed by atoms with Crippen LogP contribution in [0, 0.1) is 5.92 Å². The predicted molar refractivity (Wildman–Crippen MR) is 112 cm³/mol. The molecule has 0 spiro atoms. The minimum Gasteiger partial charge on any atom is -0.337 e. The molecule has 1 fully saturated rings. The molecule has 0 aromatic heterocycles. The molecule has 0 bridgehead atoms. The highest BCUT2D eigenvalue weighted by atomic mass is 33.1. The fraction of sp³-hybridized carbons (Fsp3) is 0.444. The zero-order valence-electron chi connectivity index (χ0n) is 15.4. The minimum absolute atomic E-state index is 0.0479. The molecule has 4 N–H and O–H groups in total. The van der Waals surface area contributed by atoms with E-state index in [4.69, 9.17) is 0 Å². The second-order valence-electron chi connectivity index (χ2n) is 6.18. The first-order chi connectivity index (χ1) is 13.5. The molecule has 0 aliphatic heterocycles. The summed E-state index contributed by atoms with van der Waals surface area (Å²) in [6.07, 6.45) is 3.76. The smallest absolute Gasteiger partial charge is 0.325 e. The highest BCUT2D eigenvalue weighted by Gasteiger charge is 2.23. The molecule has 0 atom stereocenters. The predicted octanol–water partition coefficient (Wildman–Crippen LogP) is 2.73. The third-order valence-corrected chi connectivity index (χ3v) is 6.26. The van der Waals surface area contributed by atoms with Crippen molar-refractivity contribution in [2.24, 2.45) is 5.92 Å². The van der Waals surface area contributed by atoms with Crippen LogP contribution in [-0.2, 0) is 9.59 Å². The number of amides is 6. The number of nitrogens with one attached hydrogen (secondary N) is 4. The lowest BCUT2D eigenvalue weighted by Crippen LogP contribution is -2.42. The number of carbonyl (C=O) groups excluding carboxylic acids is 4. The number of anilines is 1. The van der Waals surface area contributed by atoms with Gasteiger partial charge in [0.2, 0.25) is 11.8 Å². The quantitative estimate of drug-likeness (QED) is 0.377. The Morgan fingerprint density at radius 2 is 1.64 bits per heavy atom. The standard InChI is InChI=1S/C18H24N4O4S2/c23-15(21-18(26)20-14-8-2-1-3-9-14)12-28-27-11-10-19-17(25)22-16(24)13-6-4-5-7-13/h1-3,8-9,13H,4-7,10-12H2,(H2,19,22,24,25)(H2,20,21,23,26). The van der Waals surface area contributed by atoms with Crippen LogP contribution in [0.4, 0.5) is 15.3 Å². The summed E-state index contributed by atoms with van der Waals surface area (Å²) >= 11 is 0. The van der Waals surface area contributed by atoms with Gasteiger partial charge >= 0.3 is 12.1 Å². The topological polar surface area (TPSA) is 116 Å². The van der Waals surface area contributed by atoms with Crippen LogP contribution in [0.15, 0.2) is 30.3 Å². The molecule has 152 valence electrons. The zero-order valence-corrected chi connectivity index (χ0v) is 17.0. The average molecular weight is 425 g/mol. The zero-order chi connectivity index (χ0) is 20.2. The van der Waals surface area contributed by atoms with E-state index >= 15 is 0 Å². The number of rotatable bonds is 8. The molecule has 0 saturated heterocycles. The van der Waals surface area contributed by atoms with E-state index in [1.165, 1.54) is 21.6 Å². The lowest BCUT2D eigenvalue weighted by atomic mass is 10.1. The molecule has 1 aromatic carbocycles. The number of para-hydroxylation sites is 1. The van der Waals surface area contributed by atoms with E-state index in [2.05, 4.69) is 21.3 Å². The van der Waals surface area contributed by atoms with Gasteiger partial charge in [0.15, 0.2) is 0 Å². The Bertz CT molecular complexity index is 681. The molecule has 28 heavy (non-hydrogen) atoms. The third-order valence-electron chi connectivity index (χ3n) is 3.99. The van der Waals surface area contributed by atoms with Gasteiger partial charge in [0.05, 0.1) is 5.75 Å². The maximum atomic E-state index is 11.8. The highest BCUT2D eigenvalue weighted by Crippen LogP contribution is 2.24. The fourth-order valence-corrected chi connectivity index (χ4v) is 4.39. The maximum absolute atomic E-state index is 11.8. The molecule has 1 aliphatic carbocycles. The molecular weight excluding hydrogens is 400 g/mol. The van der Waals surface area contributed by atoms with Crippen molar-refractivity contribution in [3.8, 4) is 0 Å². The van der Waals surface area contributed by atoms with Crippen LogP contribution in [0.25, 0.3) is 0 Å². The van der Waals surface area contributed by atoms with Gasteiger partial charge in [0.1, 0.15) is 0 Å². The average Bonchev–Trinajstić information content (AvgIpc) is 3.20. The lowest BCUT2D eigenvalue weighted by molar-refractivity contribution is -0.123. The SMILES string of the molecule is O=C(CSSCCNC(=O)NC(=O)C1CCCC1)NC(=O)Nc1ccccc1. The summed E-state index contributed by atoms with van der Waals surface area (Å²) in [5.74, 6) is 0.0212. The molecule has 0 radical (unpaired) electrons. The number of hydrogen-bond donors (Lipinski definition) is 4. The Morgan fingerprint density at radius 1 is 0.929 bits per heavy atom. The normalized spacial score (nSPS) is 13.6. The van der Waals surface area contributed by atoms with Crippen molar-refractivity contribution >= 4 is 51.2 Å². The first-order valence-electron chi connectivity index (χ1n) is 9.03. The van der Waals surface area contributed by atoms with E-state index in [1.807, 2.05) is 6.07 Å². The van der Waals surface area contributed by atoms with E-state index in [0.717, 1.165) is 25.7 Å².